The maximum atomic E-state index is 13.0. The smallest absolute Gasteiger partial charge is 0.248 e. The fourth-order valence-electron chi connectivity index (χ4n) is 4.71. The van der Waals surface area contributed by atoms with Crippen LogP contribution < -0.4 is 5.32 Å². The molecule has 2 amide bonds. The number of fused-ring (bicyclic) bond motifs is 4. The number of hydrogen-bond acceptors (Lipinski definition) is 3. The van der Waals surface area contributed by atoms with E-state index in [0.717, 1.165) is 24.0 Å². The molecular weight excluding hydrogens is 370 g/mol. The summed E-state index contributed by atoms with van der Waals surface area (Å²) < 4.78 is 2.29. The zero-order valence-electron chi connectivity index (χ0n) is 16.1. The molecule has 0 saturated carbocycles. The lowest BCUT2D eigenvalue weighted by Gasteiger charge is -2.29. The number of rotatable bonds is 3. The number of anilines is 1. The van der Waals surface area contributed by atoms with Gasteiger partial charge in [0.25, 0.3) is 0 Å². The largest absolute Gasteiger partial charge is 0.341 e. The van der Waals surface area contributed by atoms with E-state index >= 15 is 0 Å². The Kier molecular flexibility index (Phi) is 3.95. The highest BCUT2D eigenvalue weighted by Gasteiger charge is 2.52. The second-order valence-corrected chi connectivity index (χ2v) is 9.25. The summed E-state index contributed by atoms with van der Waals surface area (Å²) in [6.45, 7) is 5.11. The summed E-state index contributed by atoms with van der Waals surface area (Å²) in [5, 5.41) is 5.39. The molecule has 3 aromatic rings. The van der Waals surface area contributed by atoms with Gasteiger partial charge in [0.15, 0.2) is 0 Å². The van der Waals surface area contributed by atoms with Gasteiger partial charge in [-0.2, -0.15) is 0 Å². The maximum absolute atomic E-state index is 13.0. The van der Waals surface area contributed by atoms with Crippen LogP contribution in [0.4, 0.5) is 5.69 Å². The summed E-state index contributed by atoms with van der Waals surface area (Å²) in [5.41, 5.74) is 3.15. The highest BCUT2D eigenvalue weighted by atomic mass is 32.2. The molecule has 2 saturated heterocycles. The molecule has 2 aromatic carbocycles. The molecule has 5 rings (SSSR count). The Hall–Kier alpha value is -2.47. The summed E-state index contributed by atoms with van der Waals surface area (Å²) in [6, 6.07) is 14.0. The molecule has 2 fully saturated rings. The van der Waals surface area contributed by atoms with Gasteiger partial charge in [0.1, 0.15) is 6.04 Å². The molecule has 0 unspecified atom stereocenters. The zero-order chi connectivity index (χ0) is 19.5. The standard InChI is InChI=1S/C22H23N3O2S/c1-3-24-17-7-5-4-6-15(17)16-12-14(8-9-18(16)24)23-21(27)19-13-28-22(2)11-10-20(26)25(19)22/h4-9,12,19H,3,10-11,13H2,1-2H3,(H,23,27)/t19-,22-/m1/s1. The topological polar surface area (TPSA) is 54.3 Å². The van der Waals surface area contributed by atoms with E-state index in [4.69, 9.17) is 0 Å². The van der Waals surface area contributed by atoms with Crippen LogP contribution in [0.1, 0.15) is 26.7 Å². The summed E-state index contributed by atoms with van der Waals surface area (Å²) in [6.07, 6.45) is 1.36. The van der Waals surface area contributed by atoms with Crippen LogP contribution in [0.15, 0.2) is 42.5 Å². The van der Waals surface area contributed by atoms with Crippen molar-refractivity contribution < 1.29 is 9.59 Å². The van der Waals surface area contributed by atoms with Crippen LogP contribution in [0.5, 0.6) is 0 Å². The Bertz CT molecular complexity index is 1120. The van der Waals surface area contributed by atoms with E-state index in [1.807, 2.05) is 12.1 Å². The molecule has 0 radical (unpaired) electrons. The first-order chi connectivity index (χ1) is 13.5. The molecule has 1 N–H and O–H groups in total. The molecule has 5 nitrogen and oxygen atoms in total. The molecule has 6 heteroatoms. The molecule has 28 heavy (non-hydrogen) atoms. The number of nitrogens with zero attached hydrogens (tertiary/aromatic N) is 2. The number of para-hydroxylation sites is 1. The summed E-state index contributed by atoms with van der Waals surface area (Å²) in [7, 11) is 0. The third-order valence-corrected chi connectivity index (χ3v) is 7.61. The van der Waals surface area contributed by atoms with E-state index in [0.29, 0.717) is 12.2 Å². The average molecular weight is 394 g/mol. The fourth-order valence-corrected chi connectivity index (χ4v) is 6.14. The minimum Gasteiger partial charge on any atom is -0.341 e. The Morgan fingerprint density at radius 1 is 1.21 bits per heavy atom. The lowest BCUT2D eigenvalue weighted by molar-refractivity contribution is -0.135. The molecule has 0 bridgehead atoms. The van der Waals surface area contributed by atoms with Gasteiger partial charge >= 0.3 is 0 Å². The zero-order valence-corrected chi connectivity index (χ0v) is 16.9. The first-order valence-electron chi connectivity index (χ1n) is 9.80. The van der Waals surface area contributed by atoms with Gasteiger partial charge in [-0.25, -0.2) is 0 Å². The van der Waals surface area contributed by atoms with Crippen molar-refractivity contribution in [1.82, 2.24) is 9.47 Å². The Balaban J connectivity index is 1.48. The second kappa shape index (κ2) is 6.27. The van der Waals surface area contributed by atoms with Crippen LogP contribution in [0.2, 0.25) is 0 Å². The minimum absolute atomic E-state index is 0.0918. The van der Waals surface area contributed by atoms with E-state index in [2.05, 4.69) is 54.1 Å². The van der Waals surface area contributed by atoms with E-state index < -0.39 is 6.04 Å². The van der Waals surface area contributed by atoms with Crippen molar-refractivity contribution in [3.63, 3.8) is 0 Å². The van der Waals surface area contributed by atoms with Gasteiger partial charge in [-0.3, -0.25) is 9.59 Å². The van der Waals surface area contributed by atoms with Crippen LogP contribution in [-0.4, -0.2) is 37.9 Å². The predicted molar refractivity (Wildman–Crippen MR) is 114 cm³/mol. The summed E-state index contributed by atoms with van der Waals surface area (Å²) >= 11 is 1.72. The lowest BCUT2D eigenvalue weighted by atomic mass is 10.1. The van der Waals surface area contributed by atoms with Gasteiger partial charge in [-0.1, -0.05) is 18.2 Å². The van der Waals surface area contributed by atoms with Gasteiger partial charge in [-0.15, -0.1) is 11.8 Å². The highest BCUT2D eigenvalue weighted by molar-refractivity contribution is 8.01. The number of amides is 2. The predicted octanol–water partition coefficient (Wildman–Crippen LogP) is 4.21. The Morgan fingerprint density at radius 3 is 2.82 bits per heavy atom. The molecule has 1 aromatic heterocycles. The van der Waals surface area contributed by atoms with Crippen LogP contribution in [-0.2, 0) is 16.1 Å². The maximum Gasteiger partial charge on any atom is 0.248 e. The number of thioether (sulfide) groups is 1. The molecular formula is C22H23N3O2S. The van der Waals surface area contributed by atoms with Crippen molar-refractivity contribution in [1.29, 1.82) is 0 Å². The average Bonchev–Trinajstić information content (AvgIpc) is 3.30. The fraction of sp³-hybridized carbons (Fsp3) is 0.364. The van der Waals surface area contributed by atoms with E-state index in [1.165, 1.54) is 16.4 Å². The van der Waals surface area contributed by atoms with Gasteiger partial charge in [0.2, 0.25) is 11.8 Å². The normalized spacial score (nSPS) is 24.3. The molecule has 2 aliphatic heterocycles. The number of hydrogen-bond donors (Lipinski definition) is 1. The number of carbonyl (C=O) groups is 2. The van der Waals surface area contributed by atoms with Crippen LogP contribution in [0, 0.1) is 0 Å². The van der Waals surface area contributed by atoms with Gasteiger partial charge < -0.3 is 14.8 Å². The van der Waals surface area contributed by atoms with Crippen molar-refractivity contribution in [2.24, 2.45) is 0 Å². The van der Waals surface area contributed by atoms with Crippen LogP contribution >= 0.6 is 11.8 Å². The monoisotopic (exact) mass is 393 g/mol. The summed E-state index contributed by atoms with van der Waals surface area (Å²) in [5.74, 6) is 0.657. The van der Waals surface area contributed by atoms with Crippen molar-refractivity contribution in [3.05, 3.63) is 42.5 Å². The molecule has 0 aliphatic carbocycles. The second-order valence-electron chi connectivity index (χ2n) is 7.75. The highest BCUT2D eigenvalue weighted by Crippen LogP contribution is 2.47. The Morgan fingerprint density at radius 2 is 2.00 bits per heavy atom. The first-order valence-corrected chi connectivity index (χ1v) is 10.8. The van der Waals surface area contributed by atoms with Crippen LogP contribution in [0.25, 0.3) is 21.8 Å². The van der Waals surface area contributed by atoms with Gasteiger partial charge in [0, 0.05) is 46.2 Å². The Labute approximate surface area is 168 Å². The minimum atomic E-state index is -0.391. The number of nitrogens with one attached hydrogen (secondary N) is 1. The van der Waals surface area contributed by atoms with Crippen molar-refractivity contribution in [2.75, 3.05) is 11.1 Å². The van der Waals surface area contributed by atoms with Crippen LogP contribution in [0.3, 0.4) is 0 Å². The van der Waals surface area contributed by atoms with E-state index in [1.54, 1.807) is 16.7 Å². The van der Waals surface area contributed by atoms with Gasteiger partial charge in [-0.05, 0) is 44.5 Å². The first kappa shape index (κ1) is 17.6. The number of aromatic nitrogens is 1. The SMILES string of the molecule is CCn1c2ccccc2c2cc(NC(=O)[C@H]3CS[C@]4(C)CCC(=O)N34)ccc21. The van der Waals surface area contributed by atoms with Gasteiger partial charge in [0.05, 0.1) is 4.87 Å². The third-order valence-electron chi connectivity index (χ3n) is 6.10. The number of aryl methyl sites for hydroxylation is 1. The summed E-state index contributed by atoms with van der Waals surface area (Å²) in [4.78, 5) is 26.9. The molecule has 2 atom stereocenters. The molecule has 144 valence electrons. The number of carbonyl (C=O) groups excluding carboxylic acids is 2. The van der Waals surface area contributed by atoms with Crippen molar-refractivity contribution in [2.45, 2.75) is 44.1 Å². The van der Waals surface area contributed by atoms with E-state index in [9.17, 15) is 9.59 Å². The quantitative estimate of drug-likeness (QED) is 0.725. The molecule has 0 spiro atoms. The molecule has 2 aliphatic rings. The van der Waals surface area contributed by atoms with Crippen molar-refractivity contribution in [3.8, 4) is 0 Å². The lowest BCUT2D eigenvalue weighted by Crippen LogP contribution is -2.48. The van der Waals surface area contributed by atoms with E-state index in [-0.39, 0.29) is 16.7 Å². The number of benzene rings is 2. The van der Waals surface area contributed by atoms with Crippen molar-refractivity contribution >= 4 is 51.1 Å². The molecule has 3 heterocycles. The third kappa shape index (κ3) is 2.47.